The van der Waals surface area contributed by atoms with Crippen LogP contribution in [0.2, 0.25) is 0 Å². The van der Waals surface area contributed by atoms with Gasteiger partial charge in [-0.15, -0.1) is 0 Å². The number of rotatable bonds is 8. The van der Waals surface area contributed by atoms with Crippen molar-refractivity contribution in [2.24, 2.45) is 0 Å². The molecule has 0 saturated heterocycles. The summed E-state index contributed by atoms with van der Waals surface area (Å²) < 4.78 is 26.1. The Labute approximate surface area is 142 Å². The normalized spacial score (nSPS) is 11.1. The van der Waals surface area contributed by atoms with Crippen LogP contribution in [0.5, 0.6) is 0 Å². The number of aromatic nitrogens is 1. The number of hydrogen-bond acceptors (Lipinski definition) is 5. The molecule has 0 saturated carbocycles. The maximum absolute atomic E-state index is 11.8. The van der Waals surface area contributed by atoms with E-state index in [9.17, 15) is 13.2 Å². The molecule has 0 aliphatic heterocycles. The third-order valence-electron chi connectivity index (χ3n) is 3.35. The summed E-state index contributed by atoms with van der Waals surface area (Å²) in [6, 6.07) is 10.5. The van der Waals surface area contributed by atoms with E-state index in [0.717, 1.165) is 12.1 Å². The zero-order valence-electron chi connectivity index (χ0n) is 13.7. The minimum atomic E-state index is -3.35. The molecule has 2 aromatic rings. The molecule has 2 rings (SSSR count). The number of carbonyl (C=O) groups excluding carboxylic acids is 1. The number of carbonyl (C=O) groups is 1. The molecule has 0 atom stereocenters. The van der Waals surface area contributed by atoms with Gasteiger partial charge in [-0.1, -0.05) is 25.5 Å². The van der Waals surface area contributed by atoms with Crippen LogP contribution in [0.15, 0.2) is 42.6 Å². The van der Waals surface area contributed by atoms with Crippen molar-refractivity contribution in [2.45, 2.75) is 26.7 Å². The summed E-state index contributed by atoms with van der Waals surface area (Å²) in [6.07, 6.45) is 2.97. The summed E-state index contributed by atoms with van der Waals surface area (Å²) >= 11 is 0. The third-order valence-corrected chi connectivity index (χ3v) is 4.69. The number of anilines is 3. The number of Topliss-reactive ketones (excluding diaryl/α,β-unsaturated/α-hetero) is 1. The molecule has 1 heterocycles. The number of ketones is 1. The maximum atomic E-state index is 11.8. The van der Waals surface area contributed by atoms with Crippen molar-refractivity contribution >= 4 is 33.0 Å². The minimum Gasteiger partial charge on any atom is -0.354 e. The fraction of sp³-hybridized carbons (Fsp3) is 0.294. The Hall–Kier alpha value is -2.41. The molecule has 0 aliphatic rings. The van der Waals surface area contributed by atoms with Crippen molar-refractivity contribution in [3.8, 4) is 0 Å². The second-order valence-electron chi connectivity index (χ2n) is 5.47. The summed E-state index contributed by atoms with van der Waals surface area (Å²) in [6.45, 7) is 3.45. The Balaban J connectivity index is 2.04. The van der Waals surface area contributed by atoms with Gasteiger partial charge in [0, 0.05) is 11.3 Å². The lowest BCUT2D eigenvalue weighted by Gasteiger charge is -2.09. The minimum absolute atomic E-state index is 0.00592. The first-order chi connectivity index (χ1) is 11.4. The lowest BCUT2D eigenvalue weighted by atomic mass is 10.1. The fourth-order valence-corrected chi connectivity index (χ4v) is 3.27. The van der Waals surface area contributed by atoms with Crippen LogP contribution in [0.3, 0.4) is 0 Å². The highest BCUT2D eigenvalue weighted by atomic mass is 32.2. The van der Waals surface area contributed by atoms with Crippen LogP contribution in [0.4, 0.5) is 17.2 Å². The number of pyridine rings is 1. The first-order valence-electron chi connectivity index (χ1n) is 7.74. The molecule has 24 heavy (non-hydrogen) atoms. The summed E-state index contributed by atoms with van der Waals surface area (Å²) in [5.74, 6) is 0.367. The quantitative estimate of drug-likeness (QED) is 0.713. The number of hydrogen-bond donors (Lipinski definition) is 2. The second-order valence-corrected chi connectivity index (χ2v) is 7.31. The van der Waals surface area contributed by atoms with E-state index in [4.69, 9.17) is 0 Å². The maximum Gasteiger partial charge on any atom is 0.233 e. The molecule has 6 nitrogen and oxygen atoms in total. The second kappa shape index (κ2) is 7.92. The lowest BCUT2D eigenvalue weighted by Crippen LogP contribution is -2.17. The van der Waals surface area contributed by atoms with Gasteiger partial charge in [-0.2, -0.15) is 0 Å². The van der Waals surface area contributed by atoms with Gasteiger partial charge in [0.05, 0.1) is 17.6 Å². The van der Waals surface area contributed by atoms with Gasteiger partial charge in [0.25, 0.3) is 0 Å². The summed E-state index contributed by atoms with van der Waals surface area (Å²) in [5.41, 5.74) is 2.08. The number of sulfonamides is 1. The van der Waals surface area contributed by atoms with Gasteiger partial charge >= 0.3 is 0 Å². The van der Waals surface area contributed by atoms with Crippen LogP contribution in [0, 0.1) is 0 Å². The summed E-state index contributed by atoms with van der Waals surface area (Å²) in [5, 5.41) is 3.13. The van der Waals surface area contributed by atoms with E-state index in [-0.39, 0.29) is 17.4 Å². The fourth-order valence-electron chi connectivity index (χ4n) is 2.06. The Morgan fingerprint density at radius 3 is 2.58 bits per heavy atom. The van der Waals surface area contributed by atoms with Crippen LogP contribution in [-0.2, 0) is 10.0 Å². The average Bonchev–Trinajstić information content (AvgIpc) is 2.55. The van der Waals surface area contributed by atoms with Crippen molar-refractivity contribution in [3.63, 3.8) is 0 Å². The predicted octanol–water partition coefficient (Wildman–Crippen LogP) is 3.57. The molecule has 0 unspecified atom stereocenters. The van der Waals surface area contributed by atoms with E-state index in [1.807, 2.05) is 13.0 Å². The zero-order chi connectivity index (χ0) is 17.6. The first-order valence-corrected chi connectivity index (χ1v) is 9.39. The van der Waals surface area contributed by atoms with Crippen LogP contribution < -0.4 is 10.0 Å². The molecule has 7 heteroatoms. The smallest absolute Gasteiger partial charge is 0.233 e. The molecule has 0 fully saturated rings. The van der Waals surface area contributed by atoms with E-state index >= 15 is 0 Å². The number of nitrogens with one attached hydrogen (secondary N) is 2. The van der Waals surface area contributed by atoms with Gasteiger partial charge in [0.15, 0.2) is 5.78 Å². The highest BCUT2D eigenvalue weighted by Gasteiger charge is 2.10. The number of benzene rings is 1. The molecule has 0 radical (unpaired) electrons. The molecule has 0 amide bonds. The van der Waals surface area contributed by atoms with Gasteiger partial charge in [-0.05, 0) is 37.6 Å². The summed E-state index contributed by atoms with van der Waals surface area (Å²) in [4.78, 5) is 15.5. The molecule has 1 aromatic carbocycles. The Morgan fingerprint density at radius 2 is 1.96 bits per heavy atom. The van der Waals surface area contributed by atoms with Gasteiger partial charge in [-0.25, -0.2) is 13.4 Å². The predicted molar refractivity (Wildman–Crippen MR) is 96.3 cm³/mol. The van der Waals surface area contributed by atoms with Gasteiger partial charge < -0.3 is 5.32 Å². The highest BCUT2D eigenvalue weighted by molar-refractivity contribution is 7.92. The van der Waals surface area contributed by atoms with E-state index in [2.05, 4.69) is 15.0 Å². The SMILES string of the molecule is CCCCS(=O)(=O)Nc1ccc(Nc2cccc(C(C)=O)c2)cn1. The van der Waals surface area contributed by atoms with Crippen molar-refractivity contribution in [3.05, 3.63) is 48.2 Å². The topological polar surface area (TPSA) is 88.2 Å². The van der Waals surface area contributed by atoms with E-state index in [1.165, 1.54) is 13.1 Å². The van der Waals surface area contributed by atoms with Crippen LogP contribution in [0.25, 0.3) is 0 Å². The molecule has 2 N–H and O–H groups in total. The molecule has 1 aromatic heterocycles. The van der Waals surface area contributed by atoms with Gasteiger partial charge in [0.2, 0.25) is 10.0 Å². The number of nitrogens with zero attached hydrogens (tertiary/aromatic N) is 1. The Morgan fingerprint density at radius 1 is 1.17 bits per heavy atom. The summed E-state index contributed by atoms with van der Waals surface area (Å²) in [7, 11) is -3.35. The van der Waals surface area contributed by atoms with Crippen molar-refractivity contribution in [1.29, 1.82) is 0 Å². The Kier molecular flexibility index (Phi) is 5.92. The van der Waals surface area contributed by atoms with Crippen molar-refractivity contribution in [1.82, 2.24) is 4.98 Å². The van der Waals surface area contributed by atoms with Crippen molar-refractivity contribution < 1.29 is 13.2 Å². The largest absolute Gasteiger partial charge is 0.354 e. The monoisotopic (exact) mass is 347 g/mol. The highest BCUT2D eigenvalue weighted by Crippen LogP contribution is 2.19. The third kappa shape index (κ3) is 5.34. The molecule has 128 valence electrons. The molecular weight excluding hydrogens is 326 g/mol. The van der Waals surface area contributed by atoms with E-state index in [0.29, 0.717) is 17.7 Å². The Bertz CT molecular complexity index is 802. The standard InChI is InChI=1S/C17H21N3O3S/c1-3-4-10-24(22,23)20-17-9-8-16(12-18-17)19-15-7-5-6-14(11-15)13(2)21/h5-9,11-12,19H,3-4,10H2,1-2H3,(H,18,20). The van der Waals surface area contributed by atoms with Gasteiger partial charge in [-0.3, -0.25) is 9.52 Å². The lowest BCUT2D eigenvalue weighted by molar-refractivity contribution is 0.101. The number of unbranched alkanes of at least 4 members (excludes halogenated alkanes) is 1. The molecular formula is C17H21N3O3S. The molecule has 0 spiro atoms. The average molecular weight is 347 g/mol. The molecule has 0 bridgehead atoms. The van der Waals surface area contributed by atoms with Gasteiger partial charge in [0.1, 0.15) is 5.82 Å². The van der Waals surface area contributed by atoms with Crippen LogP contribution >= 0.6 is 0 Å². The van der Waals surface area contributed by atoms with Crippen LogP contribution in [0.1, 0.15) is 37.0 Å². The van der Waals surface area contributed by atoms with Crippen molar-refractivity contribution in [2.75, 3.05) is 15.8 Å². The van der Waals surface area contributed by atoms with Crippen LogP contribution in [-0.4, -0.2) is 24.9 Å². The first kappa shape index (κ1) is 17.9. The van der Waals surface area contributed by atoms with E-state index < -0.39 is 10.0 Å². The van der Waals surface area contributed by atoms with E-state index in [1.54, 1.807) is 30.3 Å². The zero-order valence-corrected chi connectivity index (χ0v) is 14.6. The molecule has 0 aliphatic carbocycles.